The Hall–Kier alpha value is -0.620. The fourth-order valence-electron chi connectivity index (χ4n) is 3.09. The van der Waals surface area contributed by atoms with Crippen molar-refractivity contribution in [1.29, 1.82) is 0 Å². The highest BCUT2D eigenvalue weighted by molar-refractivity contribution is 7.91. The van der Waals surface area contributed by atoms with Gasteiger partial charge in [-0.1, -0.05) is 6.92 Å². The van der Waals surface area contributed by atoms with E-state index in [1.54, 1.807) is 0 Å². The van der Waals surface area contributed by atoms with E-state index in [0.717, 1.165) is 19.5 Å². The SMILES string of the molecule is CC1CCN(C(=O)CC2CCS(=O)(=O)C2)CC1CN. The lowest BCUT2D eigenvalue weighted by Gasteiger charge is -2.37. The fraction of sp³-hybridized carbons (Fsp3) is 0.923. The van der Waals surface area contributed by atoms with Crippen LogP contribution in [0.3, 0.4) is 0 Å². The van der Waals surface area contributed by atoms with Crippen LogP contribution in [0.25, 0.3) is 0 Å². The van der Waals surface area contributed by atoms with Gasteiger partial charge >= 0.3 is 0 Å². The van der Waals surface area contributed by atoms with Crippen LogP contribution in [-0.4, -0.2) is 50.4 Å². The second kappa shape index (κ2) is 5.79. The average Bonchev–Trinajstić information content (AvgIpc) is 2.69. The number of carbonyl (C=O) groups excluding carboxylic acids is 1. The lowest BCUT2D eigenvalue weighted by atomic mass is 9.87. The minimum Gasteiger partial charge on any atom is -0.342 e. The number of rotatable bonds is 3. The third-order valence-corrected chi connectivity index (χ3v) is 6.40. The van der Waals surface area contributed by atoms with Crippen molar-refractivity contribution in [2.45, 2.75) is 26.2 Å². The van der Waals surface area contributed by atoms with E-state index in [1.165, 1.54) is 0 Å². The Kier molecular flexibility index (Phi) is 4.50. The summed E-state index contributed by atoms with van der Waals surface area (Å²) in [6.45, 7) is 4.32. The van der Waals surface area contributed by atoms with E-state index in [4.69, 9.17) is 5.73 Å². The predicted octanol–water partition coefficient (Wildman–Crippen LogP) is 0.255. The monoisotopic (exact) mass is 288 g/mol. The maximum absolute atomic E-state index is 12.2. The Morgan fingerprint density at radius 2 is 2.11 bits per heavy atom. The molecular formula is C13H24N2O3S. The second-order valence-corrected chi connectivity index (χ2v) is 8.30. The topological polar surface area (TPSA) is 80.5 Å². The highest BCUT2D eigenvalue weighted by atomic mass is 32.2. The van der Waals surface area contributed by atoms with Gasteiger partial charge in [-0.05, 0) is 37.1 Å². The maximum atomic E-state index is 12.2. The zero-order chi connectivity index (χ0) is 14.0. The van der Waals surface area contributed by atoms with Crippen LogP contribution in [0.5, 0.6) is 0 Å². The molecule has 2 aliphatic heterocycles. The molecule has 1 amide bonds. The Bertz CT molecular complexity index is 435. The number of sulfone groups is 1. The van der Waals surface area contributed by atoms with Crippen molar-refractivity contribution < 1.29 is 13.2 Å². The standard InChI is InChI=1S/C13H24N2O3S/c1-10-2-4-15(8-12(10)7-14)13(16)6-11-3-5-19(17,18)9-11/h10-12H,2-9,14H2,1H3. The van der Waals surface area contributed by atoms with E-state index in [2.05, 4.69) is 6.92 Å². The summed E-state index contributed by atoms with van der Waals surface area (Å²) in [4.78, 5) is 14.1. The summed E-state index contributed by atoms with van der Waals surface area (Å²) in [5.41, 5.74) is 5.74. The van der Waals surface area contributed by atoms with Crippen molar-refractivity contribution in [1.82, 2.24) is 4.90 Å². The largest absolute Gasteiger partial charge is 0.342 e. The van der Waals surface area contributed by atoms with Crippen LogP contribution in [-0.2, 0) is 14.6 Å². The molecule has 0 saturated carbocycles. The van der Waals surface area contributed by atoms with Crippen LogP contribution in [0.1, 0.15) is 26.2 Å². The Labute approximate surface area is 115 Å². The highest BCUT2D eigenvalue weighted by Crippen LogP contribution is 2.26. The molecule has 0 radical (unpaired) electrons. The summed E-state index contributed by atoms with van der Waals surface area (Å²) in [6, 6.07) is 0. The zero-order valence-corrected chi connectivity index (χ0v) is 12.4. The maximum Gasteiger partial charge on any atom is 0.222 e. The molecule has 19 heavy (non-hydrogen) atoms. The molecule has 3 atom stereocenters. The number of amides is 1. The molecular weight excluding hydrogens is 264 g/mol. The number of nitrogens with two attached hydrogens (primary N) is 1. The van der Waals surface area contributed by atoms with Crippen LogP contribution in [0.4, 0.5) is 0 Å². The van der Waals surface area contributed by atoms with E-state index in [-0.39, 0.29) is 23.3 Å². The molecule has 0 aromatic rings. The Morgan fingerprint density at radius 3 is 2.68 bits per heavy atom. The van der Waals surface area contributed by atoms with E-state index in [0.29, 0.717) is 31.2 Å². The molecule has 110 valence electrons. The van der Waals surface area contributed by atoms with E-state index in [9.17, 15) is 13.2 Å². The number of nitrogens with zero attached hydrogens (tertiary/aromatic N) is 1. The summed E-state index contributed by atoms with van der Waals surface area (Å²) in [5, 5.41) is 0. The predicted molar refractivity (Wildman–Crippen MR) is 74.3 cm³/mol. The lowest BCUT2D eigenvalue weighted by Crippen LogP contribution is -2.45. The van der Waals surface area contributed by atoms with Crippen LogP contribution >= 0.6 is 0 Å². The van der Waals surface area contributed by atoms with Gasteiger partial charge in [0.2, 0.25) is 5.91 Å². The number of likely N-dealkylation sites (tertiary alicyclic amines) is 1. The Balaban J connectivity index is 1.87. The van der Waals surface area contributed by atoms with Crippen LogP contribution < -0.4 is 5.73 Å². The summed E-state index contributed by atoms with van der Waals surface area (Å²) < 4.78 is 22.8. The van der Waals surface area contributed by atoms with Crippen LogP contribution in [0.15, 0.2) is 0 Å². The molecule has 0 spiro atoms. The van der Waals surface area contributed by atoms with Crippen molar-refractivity contribution in [2.24, 2.45) is 23.5 Å². The van der Waals surface area contributed by atoms with Crippen LogP contribution in [0.2, 0.25) is 0 Å². The molecule has 3 unspecified atom stereocenters. The normalized spacial score (nSPS) is 34.4. The van der Waals surface area contributed by atoms with Gasteiger partial charge in [0, 0.05) is 19.5 Å². The molecule has 2 heterocycles. The molecule has 0 aliphatic carbocycles. The van der Waals surface area contributed by atoms with Crippen molar-refractivity contribution in [3.63, 3.8) is 0 Å². The third-order valence-electron chi connectivity index (χ3n) is 4.56. The molecule has 6 heteroatoms. The van der Waals surface area contributed by atoms with Crippen molar-refractivity contribution in [2.75, 3.05) is 31.1 Å². The van der Waals surface area contributed by atoms with Crippen molar-refractivity contribution >= 4 is 15.7 Å². The zero-order valence-electron chi connectivity index (χ0n) is 11.5. The number of carbonyl (C=O) groups is 1. The van der Waals surface area contributed by atoms with Gasteiger partial charge in [-0.25, -0.2) is 8.42 Å². The first kappa shape index (κ1) is 14.8. The fourth-order valence-corrected chi connectivity index (χ4v) is 4.95. The quantitative estimate of drug-likeness (QED) is 0.807. The molecule has 5 nitrogen and oxygen atoms in total. The van der Waals surface area contributed by atoms with Gasteiger partial charge < -0.3 is 10.6 Å². The van der Waals surface area contributed by atoms with Crippen LogP contribution in [0, 0.1) is 17.8 Å². The molecule has 0 aromatic carbocycles. The summed E-state index contributed by atoms with van der Waals surface area (Å²) in [5.74, 6) is 1.50. The summed E-state index contributed by atoms with van der Waals surface area (Å²) in [6.07, 6.45) is 2.01. The smallest absolute Gasteiger partial charge is 0.222 e. The highest BCUT2D eigenvalue weighted by Gasteiger charge is 2.33. The minimum absolute atomic E-state index is 0.0215. The molecule has 0 bridgehead atoms. The lowest BCUT2D eigenvalue weighted by molar-refractivity contribution is -0.134. The Morgan fingerprint density at radius 1 is 1.37 bits per heavy atom. The molecule has 2 rings (SSSR count). The third kappa shape index (κ3) is 3.69. The van der Waals surface area contributed by atoms with Gasteiger partial charge in [-0.2, -0.15) is 0 Å². The average molecular weight is 288 g/mol. The second-order valence-electron chi connectivity index (χ2n) is 6.07. The number of hydrogen-bond donors (Lipinski definition) is 1. The van der Waals surface area contributed by atoms with Gasteiger partial charge in [0.1, 0.15) is 0 Å². The van der Waals surface area contributed by atoms with Gasteiger partial charge in [0.05, 0.1) is 11.5 Å². The first-order valence-corrected chi connectivity index (χ1v) is 8.91. The summed E-state index contributed by atoms with van der Waals surface area (Å²) in [7, 11) is -2.89. The number of hydrogen-bond acceptors (Lipinski definition) is 4. The van der Waals surface area contributed by atoms with Crippen molar-refractivity contribution in [3.8, 4) is 0 Å². The molecule has 2 N–H and O–H groups in total. The summed E-state index contributed by atoms with van der Waals surface area (Å²) >= 11 is 0. The van der Waals surface area contributed by atoms with Gasteiger partial charge in [-0.3, -0.25) is 4.79 Å². The molecule has 0 aromatic heterocycles. The van der Waals surface area contributed by atoms with Gasteiger partial charge in [0.25, 0.3) is 0 Å². The molecule has 2 saturated heterocycles. The molecule has 2 fully saturated rings. The van der Waals surface area contributed by atoms with Gasteiger partial charge in [0.15, 0.2) is 9.84 Å². The minimum atomic E-state index is -2.89. The van der Waals surface area contributed by atoms with Gasteiger partial charge in [-0.15, -0.1) is 0 Å². The first-order valence-electron chi connectivity index (χ1n) is 7.09. The van der Waals surface area contributed by atoms with Crippen molar-refractivity contribution in [3.05, 3.63) is 0 Å². The van der Waals surface area contributed by atoms with E-state index < -0.39 is 9.84 Å². The van der Waals surface area contributed by atoms with E-state index >= 15 is 0 Å². The van der Waals surface area contributed by atoms with E-state index in [1.807, 2.05) is 4.90 Å². The first-order chi connectivity index (χ1) is 8.91. The number of piperidine rings is 1. The molecule has 2 aliphatic rings.